The summed E-state index contributed by atoms with van der Waals surface area (Å²) in [6.45, 7) is 32.6. The van der Waals surface area contributed by atoms with Crippen LogP contribution in [0.3, 0.4) is 0 Å². The zero-order valence-electron chi connectivity index (χ0n) is 32.4. The molecule has 5 aliphatic heterocycles. The maximum absolute atomic E-state index is 12.5. The van der Waals surface area contributed by atoms with Gasteiger partial charge in [0, 0.05) is 56.3 Å². The Labute approximate surface area is 285 Å². The van der Waals surface area contributed by atoms with Crippen LogP contribution in [0, 0.1) is 17.8 Å². The molecule has 6 rings (SSSR count). The fourth-order valence-corrected chi connectivity index (χ4v) is 7.94. The van der Waals surface area contributed by atoms with Gasteiger partial charge in [-0.3, -0.25) is 9.80 Å². The van der Waals surface area contributed by atoms with E-state index in [2.05, 4.69) is 77.0 Å². The Bertz CT molecular complexity index is 760. The smallest absolute Gasteiger partial charge is 0.261 e. The van der Waals surface area contributed by atoms with Crippen molar-refractivity contribution in [1.82, 2.24) is 19.6 Å². The van der Waals surface area contributed by atoms with Gasteiger partial charge in [-0.1, -0.05) is 27.2 Å². The second-order valence-electron chi connectivity index (χ2n) is 16.7. The summed E-state index contributed by atoms with van der Waals surface area (Å²) in [7, 11) is 0. The number of likely N-dealkylation sites (tertiary alicyclic amines) is 4. The monoisotopic (exact) mass is 657 g/mol. The first-order chi connectivity index (χ1) is 21.6. The molecule has 274 valence electrons. The highest BCUT2D eigenvalue weighted by atomic mass is 19.3. The molecule has 0 N–H and O–H groups in total. The van der Waals surface area contributed by atoms with Gasteiger partial charge in [0.05, 0.1) is 12.6 Å². The van der Waals surface area contributed by atoms with Crippen molar-refractivity contribution < 1.29 is 13.5 Å². The van der Waals surface area contributed by atoms with E-state index in [1.807, 2.05) is 13.8 Å². The summed E-state index contributed by atoms with van der Waals surface area (Å²) in [5, 5.41) is 0. The van der Waals surface area contributed by atoms with Gasteiger partial charge in [0.25, 0.3) is 5.92 Å². The highest BCUT2D eigenvalue weighted by Crippen LogP contribution is 2.38. The first-order valence-corrected chi connectivity index (χ1v) is 19.6. The van der Waals surface area contributed by atoms with E-state index < -0.39 is 5.92 Å². The molecule has 1 saturated carbocycles. The number of alkyl halides is 2. The number of hydrogen-bond donors (Lipinski definition) is 0. The topological polar surface area (TPSA) is 22.2 Å². The summed E-state index contributed by atoms with van der Waals surface area (Å²) in [6, 6.07) is 3.54. The summed E-state index contributed by atoms with van der Waals surface area (Å²) in [6.07, 6.45) is 13.3. The van der Waals surface area contributed by atoms with Crippen LogP contribution >= 0.6 is 0 Å². The van der Waals surface area contributed by atoms with Crippen molar-refractivity contribution in [2.24, 2.45) is 17.8 Å². The van der Waals surface area contributed by atoms with Crippen LogP contribution in [0.5, 0.6) is 0 Å². The summed E-state index contributed by atoms with van der Waals surface area (Å²) in [5.41, 5.74) is 0. The standard InChI is InChI=1S/C10H19N.C8H17N.C7H13F2N.C7H15N.C7H14O/c1-8(2)11-7-6-9-4-3-5-10(9)11;1-7(2)9-5-4-8(3)6-9;1-6(2)10-4-3-7(8,9)5-10;1-7(2)8-5-3-4-6-8;1-6(2)7-4-3-5-8-7/h8-10H,3-7H2,1-2H3;7-8H,4-6H2,1-3H3;6H,3-5H2,1-2H3;7H,3-6H2,1-2H3;6-7H,3-5H2,1-2H3. The van der Waals surface area contributed by atoms with Crippen molar-refractivity contribution in [3.05, 3.63) is 0 Å². The number of rotatable bonds is 5. The predicted octanol–water partition coefficient (Wildman–Crippen LogP) is 9.05. The molecule has 46 heavy (non-hydrogen) atoms. The van der Waals surface area contributed by atoms with Crippen LogP contribution in [0.4, 0.5) is 8.78 Å². The minimum atomic E-state index is -2.43. The number of fused-ring (bicyclic) bond motifs is 1. The summed E-state index contributed by atoms with van der Waals surface area (Å²) < 4.78 is 30.4. The van der Waals surface area contributed by atoms with Gasteiger partial charge < -0.3 is 14.5 Å². The number of ether oxygens (including phenoxy) is 1. The van der Waals surface area contributed by atoms with Gasteiger partial charge in [0.2, 0.25) is 0 Å². The van der Waals surface area contributed by atoms with Gasteiger partial charge in [-0.05, 0) is 151 Å². The quantitative estimate of drug-likeness (QED) is 0.294. The lowest BCUT2D eigenvalue weighted by molar-refractivity contribution is 0.00920. The molecule has 0 aromatic carbocycles. The molecule has 0 aromatic rings. The Kier molecular flexibility index (Phi) is 19.1. The number of hydrogen-bond acceptors (Lipinski definition) is 5. The lowest BCUT2D eigenvalue weighted by Gasteiger charge is -2.27. The molecule has 5 saturated heterocycles. The van der Waals surface area contributed by atoms with Gasteiger partial charge >= 0.3 is 0 Å². The van der Waals surface area contributed by atoms with Crippen LogP contribution in [-0.4, -0.2) is 114 Å². The third-order valence-electron chi connectivity index (χ3n) is 11.2. The van der Waals surface area contributed by atoms with Gasteiger partial charge in [0.1, 0.15) is 0 Å². The van der Waals surface area contributed by atoms with Crippen molar-refractivity contribution in [2.75, 3.05) is 52.4 Å². The molecule has 1 aliphatic carbocycles. The van der Waals surface area contributed by atoms with Crippen molar-refractivity contribution in [3.63, 3.8) is 0 Å². The first-order valence-electron chi connectivity index (χ1n) is 19.6. The van der Waals surface area contributed by atoms with Gasteiger partial charge in [-0.25, -0.2) is 8.78 Å². The zero-order valence-corrected chi connectivity index (χ0v) is 32.4. The van der Waals surface area contributed by atoms with E-state index in [0.717, 1.165) is 48.5 Å². The molecule has 0 aromatic heterocycles. The van der Waals surface area contributed by atoms with Crippen molar-refractivity contribution in [3.8, 4) is 0 Å². The predicted molar refractivity (Wildman–Crippen MR) is 194 cm³/mol. The molecular weight excluding hydrogens is 578 g/mol. The van der Waals surface area contributed by atoms with Crippen molar-refractivity contribution in [2.45, 2.75) is 183 Å². The van der Waals surface area contributed by atoms with E-state index in [1.165, 1.54) is 90.5 Å². The molecule has 0 radical (unpaired) electrons. The van der Waals surface area contributed by atoms with E-state index in [-0.39, 0.29) is 19.0 Å². The molecule has 0 spiro atoms. The fourth-order valence-electron chi connectivity index (χ4n) is 7.94. The van der Waals surface area contributed by atoms with Crippen LogP contribution < -0.4 is 0 Å². The van der Waals surface area contributed by atoms with Gasteiger partial charge in [0.15, 0.2) is 0 Å². The maximum Gasteiger partial charge on any atom is 0.261 e. The Hall–Kier alpha value is -0.340. The largest absolute Gasteiger partial charge is 0.378 e. The summed E-state index contributed by atoms with van der Waals surface area (Å²) in [4.78, 5) is 9.59. The van der Waals surface area contributed by atoms with Gasteiger partial charge in [-0.2, -0.15) is 0 Å². The lowest BCUT2D eigenvalue weighted by atomic mass is 10.0. The molecule has 4 unspecified atom stereocenters. The Morgan fingerprint density at radius 2 is 1.24 bits per heavy atom. The van der Waals surface area contributed by atoms with Crippen LogP contribution in [-0.2, 0) is 4.74 Å². The number of halogens is 2. The normalized spacial score (nSPS) is 29.9. The van der Waals surface area contributed by atoms with E-state index in [0.29, 0.717) is 12.6 Å². The van der Waals surface area contributed by atoms with Gasteiger partial charge in [-0.15, -0.1) is 0 Å². The lowest BCUT2D eigenvalue weighted by Crippen LogP contribution is -2.35. The summed E-state index contributed by atoms with van der Waals surface area (Å²) in [5.74, 6) is 0.298. The first kappa shape index (κ1) is 41.8. The Balaban J connectivity index is 0.000000201. The maximum atomic E-state index is 12.5. The van der Waals surface area contributed by atoms with Crippen LogP contribution in [0.15, 0.2) is 0 Å². The summed E-state index contributed by atoms with van der Waals surface area (Å²) >= 11 is 0. The second-order valence-corrected chi connectivity index (χ2v) is 16.7. The SMILES string of the molecule is CC(C)C1CCCO1.CC(C)N1CCC(F)(F)C1.CC(C)N1CCC2CCCC21.CC(C)N1CCCC1.CC1CCN(C(C)C)C1. The highest BCUT2D eigenvalue weighted by Gasteiger charge is 2.39. The third kappa shape index (κ3) is 15.0. The molecule has 4 atom stereocenters. The number of nitrogens with zero attached hydrogens (tertiary/aromatic N) is 4. The highest BCUT2D eigenvalue weighted by molar-refractivity contribution is 4.92. The molecule has 6 fully saturated rings. The minimum absolute atomic E-state index is 0.0329. The molecule has 6 aliphatic rings. The van der Waals surface area contributed by atoms with Crippen molar-refractivity contribution in [1.29, 1.82) is 0 Å². The van der Waals surface area contributed by atoms with Crippen LogP contribution in [0.25, 0.3) is 0 Å². The zero-order chi connectivity index (χ0) is 34.4. The van der Waals surface area contributed by atoms with E-state index in [9.17, 15) is 8.78 Å². The molecule has 0 bridgehead atoms. The van der Waals surface area contributed by atoms with E-state index in [1.54, 1.807) is 4.90 Å². The second kappa shape index (κ2) is 21.0. The average molecular weight is 657 g/mol. The molecule has 5 heterocycles. The molecular formula is C39H78F2N4O. The average Bonchev–Trinajstić information content (AvgIpc) is 3.80. The van der Waals surface area contributed by atoms with Crippen LogP contribution in [0.2, 0.25) is 0 Å². The minimum Gasteiger partial charge on any atom is -0.378 e. The van der Waals surface area contributed by atoms with Crippen molar-refractivity contribution >= 4 is 0 Å². The van der Waals surface area contributed by atoms with E-state index >= 15 is 0 Å². The molecule has 5 nitrogen and oxygen atoms in total. The third-order valence-corrected chi connectivity index (χ3v) is 11.2. The Morgan fingerprint density at radius 1 is 0.609 bits per heavy atom. The molecule has 0 amide bonds. The molecule has 7 heteroatoms. The fraction of sp³-hybridized carbons (Fsp3) is 1.00. The Morgan fingerprint density at radius 3 is 1.59 bits per heavy atom. The van der Waals surface area contributed by atoms with E-state index in [4.69, 9.17) is 4.74 Å². The van der Waals surface area contributed by atoms with Crippen LogP contribution in [0.1, 0.15) is 140 Å².